The Labute approximate surface area is 200 Å². The predicted octanol–water partition coefficient (Wildman–Crippen LogP) is 4.98. The first-order chi connectivity index (χ1) is 16.4. The van der Waals surface area contributed by atoms with E-state index < -0.39 is 0 Å². The van der Waals surface area contributed by atoms with E-state index in [9.17, 15) is 0 Å². The summed E-state index contributed by atoms with van der Waals surface area (Å²) in [6.07, 6.45) is 8.88. The van der Waals surface area contributed by atoms with Gasteiger partial charge in [-0.15, -0.1) is 0 Å². The van der Waals surface area contributed by atoms with Gasteiger partial charge in [-0.05, 0) is 85.7 Å². The molecule has 0 unspecified atom stereocenters. The zero-order valence-electron chi connectivity index (χ0n) is 20.2. The summed E-state index contributed by atoms with van der Waals surface area (Å²) in [6.45, 7) is 9.49. The number of aromatic nitrogens is 4. The first kappa shape index (κ1) is 22.3. The van der Waals surface area contributed by atoms with Crippen LogP contribution in [0, 0.1) is 12.3 Å². The van der Waals surface area contributed by atoms with Crippen molar-refractivity contribution in [3.8, 4) is 11.3 Å². The summed E-state index contributed by atoms with van der Waals surface area (Å²) in [7, 11) is 0. The van der Waals surface area contributed by atoms with Crippen LogP contribution in [0.4, 0.5) is 0 Å². The lowest BCUT2D eigenvalue weighted by molar-refractivity contribution is 0.227. The highest BCUT2D eigenvalue weighted by molar-refractivity contribution is 5.92. The lowest BCUT2D eigenvalue weighted by atomic mass is 9.87. The van der Waals surface area contributed by atoms with E-state index in [1.807, 2.05) is 4.52 Å². The number of allylic oxidation sites excluding steroid dienone is 1. The third-order valence-electron chi connectivity index (χ3n) is 7.09. The second kappa shape index (κ2) is 9.06. The molecule has 5 rings (SSSR count). The molecule has 1 fully saturated rings. The number of likely N-dealkylation sites (tertiary alicyclic amines) is 1. The molecule has 3 aromatic heterocycles. The molecule has 1 aliphatic rings. The van der Waals surface area contributed by atoms with Gasteiger partial charge in [0, 0.05) is 41.1 Å². The standard InChI is InChI=1S/C27H33N7/c1-17(2)26-22-13-20(19-7-10-33(11-8-19)14-21(29)6-9-28)4-5-24(22)32-27(26)23-15-34-25(12-18(23)3)30-16-31-34/h4-6,9,12-13,15-17,19,28,32H,7-8,10-11,14,29H2,1-3H3/b21-6-,28-9?. The molecule has 0 spiro atoms. The molecule has 4 heterocycles. The Morgan fingerprint density at radius 3 is 2.79 bits per heavy atom. The Hall–Kier alpha value is -3.45. The van der Waals surface area contributed by atoms with Crippen molar-refractivity contribution in [3.05, 3.63) is 65.3 Å². The van der Waals surface area contributed by atoms with Crippen molar-refractivity contribution < 1.29 is 0 Å². The van der Waals surface area contributed by atoms with Crippen LogP contribution in [-0.2, 0) is 0 Å². The number of rotatable bonds is 6. The Kier molecular flexibility index (Phi) is 5.96. The summed E-state index contributed by atoms with van der Waals surface area (Å²) in [5.74, 6) is 0.940. The molecular weight excluding hydrogens is 422 g/mol. The van der Waals surface area contributed by atoms with Crippen molar-refractivity contribution >= 4 is 22.8 Å². The third kappa shape index (κ3) is 4.12. The van der Waals surface area contributed by atoms with E-state index in [1.54, 1.807) is 12.4 Å². The maximum Gasteiger partial charge on any atom is 0.155 e. The Morgan fingerprint density at radius 2 is 2.06 bits per heavy atom. The van der Waals surface area contributed by atoms with Gasteiger partial charge in [-0.1, -0.05) is 19.9 Å². The lowest BCUT2D eigenvalue weighted by Gasteiger charge is -2.32. The summed E-state index contributed by atoms with van der Waals surface area (Å²) >= 11 is 0. The number of fused-ring (bicyclic) bond motifs is 2. The highest BCUT2D eigenvalue weighted by atomic mass is 15.3. The van der Waals surface area contributed by atoms with Gasteiger partial charge in [0.05, 0.1) is 5.69 Å². The largest absolute Gasteiger partial charge is 0.401 e. The molecular formula is C27H33N7. The van der Waals surface area contributed by atoms with Gasteiger partial charge in [0.15, 0.2) is 5.65 Å². The van der Waals surface area contributed by atoms with E-state index in [0.717, 1.165) is 43.8 Å². The van der Waals surface area contributed by atoms with Gasteiger partial charge in [0.1, 0.15) is 6.33 Å². The van der Waals surface area contributed by atoms with Gasteiger partial charge in [0.2, 0.25) is 0 Å². The second-order valence-corrected chi connectivity index (χ2v) is 9.76. The summed E-state index contributed by atoms with van der Waals surface area (Å²) in [4.78, 5) is 10.4. The fourth-order valence-corrected chi connectivity index (χ4v) is 5.36. The second-order valence-electron chi connectivity index (χ2n) is 9.76. The van der Waals surface area contributed by atoms with Gasteiger partial charge in [-0.25, -0.2) is 9.50 Å². The molecule has 7 nitrogen and oxygen atoms in total. The van der Waals surface area contributed by atoms with Gasteiger partial charge in [-0.3, -0.25) is 4.90 Å². The number of hydrogen-bond donors (Lipinski definition) is 3. The van der Waals surface area contributed by atoms with Crippen LogP contribution in [0.15, 0.2) is 48.6 Å². The van der Waals surface area contributed by atoms with E-state index in [4.69, 9.17) is 11.1 Å². The number of pyridine rings is 1. The molecule has 1 aromatic carbocycles. The van der Waals surface area contributed by atoms with Crippen molar-refractivity contribution in [3.63, 3.8) is 0 Å². The normalized spacial score (nSPS) is 16.2. The minimum Gasteiger partial charge on any atom is -0.401 e. The molecule has 0 amide bonds. The number of H-pyrrole nitrogens is 1. The molecule has 0 aliphatic carbocycles. The van der Waals surface area contributed by atoms with Crippen LogP contribution in [0.5, 0.6) is 0 Å². The van der Waals surface area contributed by atoms with E-state index in [1.165, 1.54) is 45.1 Å². The maximum absolute atomic E-state index is 7.19. The number of nitrogens with zero attached hydrogens (tertiary/aromatic N) is 4. The van der Waals surface area contributed by atoms with Crippen LogP contribution < -0.4 is 5.73 Å². The number of hydrogen-bond acceptors (Lipinski definition) is 5. The molecule has 4 aromatic rings. The van der Waals surface area contributed by atoms with Crippen LogP contribution in [-0.4, -0.2) is 50.3 Å². The number of piperidine rings is 1. The monoisotopic (exact) mass is 455 g/mol. The average molecular weight is 456 g/mol. The molecule has 34 heavy (non-hydrogen) atoms. The van der Waals surface area contributed by atoms with Gasteiger partial charge in [0.25, 0.3) is 0 Å². The SMILES string of the molecule is Cc1cc2ncnn2cc1-c1[nH]c2ccc(C3CCN(C/C(N)=C/C=N)CC3)cc2c1C(C)C. The smallest absolute Gasteiger partial charge is 0.155 e. The third-order valence-corrected chi connectivity index (χ3v) is 7.09. The maximum atomic E-state index is 7.19. The summed E-state index contributed by atoms with van der Waals surface area (Å²) in [5, 5.41) is 12.9. The van der Waals surface area contributed by atoms with Crippen LogP contribution in [0.1, 0.15) is 55.2 Å². The van der Waals surface area contributed by atoms with Crippen molar-refractivity contribution in [1.29, 1.82) is 5.41 Å². The van der Waals surface area contributed by atoms with Crippen LogP contribution in [0.2, 0.25) is 0 Å². The van der Waals surface area contributed by atoms with Crippen molar-refractivity contribution in [2.75, 3.05) is 19.6 Å². The molecule has 176 valence electrons. The molecule has 1 saturated heterocycles. The van der Waals surface area contributed by atoms with Crippen molar-refractivity contribution in [2.45, 2.75) is 45.4 Å². The first-order valence-corrected chi connectivity index (χ1v) is 12.1. The van der Waals surface area contributed by atoms with Crippen LogP contribution >= 0.6 is 0 Å². The van der Waals surface area contributed by atoms with Gasteiger partial charge < -0.3 is 16.1 Å². The highest BCUT2D eigenvalue weighted by Gasteiger charge is 2.23. The van der Waals surface area contributed by atoms with Gasteiger partial charge >= 0.3 is 0 Å². The topological polar surface area (TPSA) is 99.1 Å². The quantitative estimate of drug-likeness (QED) is 0.357. The average Bonchev–Trinajstić information content (AvgIpc) is 3.42. The molecule has 1 aliphatic heterocycles. The Bertz CT molecular complexity index is 1370. The van der Waals surface area contributed by atoms with Crippen LogP contribution in [0.3, 0.4) is 0 Å². The predicted molar refractivity (Wildman–Crippen MR) is 139 cm³/mol. The molecule has 7 heteroatoms. The number of aryl methyl sites for hydroxylation is 1. The van der Waals surface area contributed by atoms with E-state index in [2.05, 4.69) is 71.2 Å². The number of aromatic amines is 1. The first-order valence-electron chi connectivity index (χ1n) is 12.1. The number of benzene rings is 1. The molecule has 0 radical (unpaired) electrons. The van der Waals surface area contributed by atoms with Crippen molar-refractivity contribution in [1.82, 2.24) is 24.5 Å². The molecule has 4 N–H and O–H groups in total. The molecule has 0 atom stereocenters. The van der Waals surface area contributed by atoms with Crippen molar-refractivity contribution in [2.24, 2.45) is 5.73 Å². The number of nitrogens with one attached hydrogen (secondary N) is 2. The highest BCUT2D eigenvalue weighted by Crippen LogP contribution is 2.39. The van der Waals surface area contributed by atoms with E-state index >= 15 is 0 Å². The van der Waals surface area contributed by atoms with E-state index in [-0.39, 0.29) is 0 Å². The fraction of sp³-hybridized carbons (Fsp3) is 0.370. The zero-order valence-corrected chi connectivity index (χ0v) is 20.2. The molecule has 0 saturated carbocycles. The fourth-order valence-electron chi connectivity index (χ4n) is 5.36. The minimum absolute atomic E-state index is 0.385. The number of nitrogens with two attached hydrogens (primary N) is 1. The van der Waals surface area contributed by atoms with Gasteiger partial charge in [-0.2, -0.15) is 5.10 Å². The Balaban J connectivity index is 1.47. The molecule has 0 bridgehead atoms. The van der Waals surface area contributed by atoms with E-state index in [0.29, 0.717) is 11.8 Å². The minimum atomic E-state index is 0.385. The lowest BCUT2D eigenvalue weighted by Crippen LogP contribution is -2.35. The summed E-state index contributed by atoms with van der Waals surface area (Å²) in [5.41, 5.74) is 15.1. The summed E-state index contributed by atoms with van der Waals surface area (Å²) in [6, 6.07) is 9.06. The van der Waals surface area contributed by atoms with Crippen LogP contribution in [0.25, 0.3) is 27.8 Å². The Morgan fingerprint density at radius 1 is 1.26 bits per heavy atom. The zero-order chi connectivity index (χ0) is 23.8. The summed E-state index contributed by atoms with van der Waals surface area (Å²) < 4.78 is 1.85.